The van der Waals surface area contributed by atoms with Crippen LogP contribution >= 0.6 is 0 Å². The maximum absolute atomic E-state index is 12.9. The highest BCUT2D eigenvalue weighted by molar-refractivity contribution is 7.89. The summed E-state index contributed by atoms with van der Waals surface area (Å²) in [5.41, 5.74) is 0.619. The van der Waals surface area contributed by atoms with Crippen molar-refractivity contribution in [2.24, 2.45) is 0 Å². The van der Waals surface area contributed by atoms with Crippen molar-refractivity contribution < 1.29 is 22.6 Å². The molecule has 10 heteroatoms. The number of carbonyl (C=O) groups excluding carboxylic acids is 1. The number of ether oxygens (including phenoxy) is 1. The summed E-state index contributed by atoms with van der Waals surface area (Å²) in [6.45, 7) is 1.79. The van der Waals surface area contributed by atoms with Gasteiger partial charge in [0.15, 0.2) is 5.52 Å². The van der Waals surface area contributed by atoms with Crippen molar-refractivity contribution >= 4 is 27.0 Å². The molecule has 25 heavy (non-hydrogen) atoms. The predicted molar refractivity (Wildman–Crippen MR) is 86.1 cm³/mol. The molecular formula is C15H18N4O5S. The Morgan fingerprint density at radius 3 is 2.68 bits per heavy atom. The van der Waals surface area contributed by atoms with Crippen LogP contribution in [0.3, 0.4) is 0 Å². The topological polar surface area (TPSA) is 106 Å². The fraction of sp³-hybridized carbons (Fsp3) is 0.533. The van der Waals surface area contributed by atoms with Crippen molar-refractivity contribution in [2.75, 3.05) is 32.8 Å². The second kappa shape index (κ2) is 6.36. The molecule has 0 spiro atoms. The Bertz CT molecular complexity index is 882. The molecule has 1 aromatic heterocycles. The number of hydrogen-bond acceptors (Lipinski definition) is 7. The highest BCUT2D eigenvalue weighted by Crippen LogP contribution is 2.24. The van der Waals surface area contributed by atoms with E-state index in [1.807, 2.05) is 0 Å². The van der Waals surface area contributed by atoms with E-state index in [1.54, 1.807) is 17.0 Å². The molecule has 0 radical (unpaired) electrons. The fourth-order valence-corrected chi connectivity index (χ4v) is 4.81. The number of aromatic nitrogens is 2. The molecule has 1 aromatic carbocycles. The fourth-order valence-electron chi connectivity index (χ4n) is 3.25. The molecule has 9 nitrogen and oxygen atoms in total. The lowest BCUT2D eigenvalue weighted by atomic mass is 10.2. The van der Waals surface area contributed by atoms with Crippen LogP contribution in [-0.2, 0) is 19.6 Å². The Hall–Kier alpha value is -2.04. The minimum atomic E-state index is -3.73. The first-order valence-electron chi connectivity index (χ1n) is 8.19. The van der Waals surface area contributed by atoms with Crippen LogP contribution in [0.25, 0.3) is 11.0 Å². The standard InChI is InChI=1S/C15H18N4O5S/c20-15(12-4-2-10-23-12)18-6-8-19(9-7-18)25(21,22)13-5-1-3-11-14(13)17-24-16-11/h1,3,5,12H,2,4,6-10H2. The number of rotatable bonds is 3. The van der Waals surface area contributed by atoms with E-state index in [-0.39, 0.29) is 35.5 Å². The number of carbonyl (C=O) groups is 1. The van der Waals surface area contributed by atoms with Crippen LogP contribution < -0.4 is 0 Å². The first-order valence-corrected chi connectivity index (χ1v) is 9.63. The zero-order valence-electron chi connectivity index (χ0n) is 13.5. The number of benzene rings is 1. The summed E-state index contributed by atoms with van der Waals surface area (Å²) in [5, 5.41) is 7.38. The average Bonchev–Trinajstić information content (AvgIpc) is 3.32. The van der Waals surface area contributed by atoms with Crippen molar-refractivity contribution in [3.8, 4) is 0 Å². The summed E-state index contributed by atoms with van der Waals surface area (Å²) in [7, 11) is -3.73. The molecule has 2 aromatic rings. The SMILES string of the molecule is O=C(C1CCCO1)N1CCN(S(=O)(=O)c2cccc3nonc23)CC1. The minimum absolute atomic E-state index is 0.0441. The highest BCUT2D eigenvalue weighted by Gasteiger charge is 2.35. The van der Waals surface area contributed by atoms with Crippen LogP contribution in [0.4, 0.5) is 0 Å². The van der Waals surface area contributed by atoms with E-state index in [2.05, 4.69) is 14.9 Å². The summed E-state index contributed by atoms with van der Waals surface area (Å²) in [5.74, 6) is -0.0441. The van der Waals surface area contributed by atoms with Gasteiger partial charge in [-0.2, -0.15) is 4.31 Å². The molecule has 4 rings (SSSR count). The Balaban J connectivity index is 1.50. The lowest BCUT2D eigenvalue weighted by Crippen LogP contribution is -2.52. The molecule has 2 saturated heterocycles. The van der Waals surface area contributed by atoms with Crippen molar-refractivity contribution in [3.63, 3.8) is 0 Å². The molecular weight excluding hydrogens is 348 g/mol. The number of hydrogen-bond donors (Lipinski definition) is 0. The molecule has 1 atom stereocenters. The van der Waals surface area contributed by atoms with Gasteiger partial charge in [-0.05, 0) is 35.3 Å². The Morgan fingerprint density at radius 2 is 1.96 bits per heavy atom. The summed E-state index contributed by atoms with van der Waals surface area (Å²) in [6, 6.07) is 4.74. The number of fused-ring (bicyclic) bond motifs is 1. The van der Waals surface area contributed by atoms with Crippen LogP contribution in [0, 0.1) is 0 Å². The molecule has 0 N–H and O–H groups in total. The van der Waals surface area contributed by atoms with E-state index < -0.39 is 10.0 Å². The molecule has 0 bridgehead atoms. The van der Waals surface area contributed by atoms with E-state index in [9.17, 15) is 13.2 Å². The number of piperazine rings is 1. The van der Waals surface area contributed by atoms with Gasteiger partial charge >= 0.3 is 0 Å². The average molecular weight is 366 g/mol. The lowest BCUT2D eigenvalue weighted by molar-refractivity contribution is -0.142. The van der Waals surface area contributed by atoms with Crippen LogP contribution in [0.15, 0.2) is 27.7 Å². The number of sulfonamides is 1. The summed E-state index contributed by atoms with van der Waals surface area (Å²) in [4.78, 5) is 14.1. The smallest absolute Gasteiger partial charge is 0.251 e. The van der Waals surface area contributed by atoms with Crippen molar-refractivity contribution in [1.82, 2.24) is 19.5 Å². The van der Waals surface area contributed by atoms with Crippen molar-refractivity contribution in [3.05, 3.63) is 18.2 Å². The minimum Gasteiger partial charge on any atom is -0.368 e. The third-order valence-electron chi connectivity index (χ3n) is 4.62. The molecule has 2 aliphatic rings. The number of amides is 1. The van der Waals surface area contributed by atoms with Crippen molar-refractivity contribution in [2.45, 2.75) is 23.8 Å². The maximum atomic E-state index is 12.9. The van der Waals surface area contributed by atoms with Gasteiger partial charge in [-0.15, -0.1) is 0 Å². The van der Waals surface area contributed by atoms with Gasteiger partial charge in [0, 0.05) is 32.8 Å². The van der Waals surface area contributed by atoms with Crippen LogP contribution in [-0.4, -0.2) is 72.7 Å². The highest BCUT2D eigenvalue weighted by atomic mass is 32.2. The summed E-state index contributed by atoms with van der Waals surface area (Å²) in [6.07, 6.45) is 1.25. The van der Waals surface area contributed by atoms with Crippen LogP contribution in [0.5, 0.6) is 0 Å². The van der Waals surface area contributed by atoms with Crippen molar-refractivity contribution in [1.29, 1.82) is 0 Å². The summed E-state index contributed by atoms with van der Waals surface area (Å²) < 4.78 is 37.3. The maximum Gasteiger partial charge on any atom is 0.251 e. The van der Waals surface area contributed by atoms with E-state index in [0.717, 1.165) is 12.8 Å². The Kier molecular flexibility index (Phi) is 4.18. The lowest BCUT2D eigenvalue weighted by Gasteiger charge is -2.35. The van der Waals surface area contributed by atoms with Gasteiger partial charge in [-0.1, -0.05) is 6.07 Å². The van der Waals surface area contributed by atoms with E-state index >= 15 is 0 Å². The van der Waals surface area contributed by atoms with E-state index in [4.69, 9.17) is 4.74 Å². The van der Waals surface area contributed by atoms with Gasteiger partial charge < -0.3 is 9.64 Å². The first-order chi connectivity index (χ1) is 12.1. The Morgan fingerprint density at radius 1 is 1.16 bits per heavy atom. The molecule has 1 amide bonds. The van der Waals surface area contributed by atoms with E-state index in [0.29, 0.717) is 25.2 Å². The van der Waals surface area contributed by atoms with Gasteiger partial charge in [0.1, 0.15) is 16.5 Å². The molecule has 2 fully saturated rings. The Labute approximate surface area is 144 Å². The molecule has 1 unspecified atom stereocenters. The largest absolute Gasteiger partial charge is 0.368 e. The van der Waals surface area contributed by atoms with Gasteiger partial charge in [-0.3, -0.25) is 4.79 Å². The van der Waals surface area contributed by atoms with Gasteiger partial charge in [0.05, 0.1) is 0 Å². The zero-order chi connectivity index (χ0) is 17.4. The first kappa shape index (κ1) is 16.4. The monoisotopic (exact) mass is 366 g/mol. The molecule has 3 heterocycles. The van der Waals surface area contributed by atoms with Gasteiger partial charge in [-0.25, -0.2) is 13.0 Å². The molecule has 2 aliphatic heterocycles. The third kappa shape index (κ3) is 2.90. The van der Waals surface area contributed by atoms with Gasteiger partial charge in [0.2, 0.25) is 10.0 Å². The normalized spacial score (nSPS) is 22.6. The molecule has 134 valence electrons. The van der Waals surface area contributed by atoms with Crippen LogP contribution in [0.2, 0.25) is 0 Å². The molecule has 0 saturated carbocycles. The van der Waals surface area contributed by atoms with Gasteiger partial charge in [0.25, 0.3) is 5.91 Å². The number of nitrogens with zero attached hydrogens (tertiary/aromatic N) is 4. The predicted octanol–water partition coefficient (Wildman–Crippen LogP) is 0.235. The molecule has 0 aliphatic carbocycles. The third-order valence-corrected chi connectivity index (χ3v) is 6.55. The second-order valence-electron chi connectivity index (χ2n) is 6.12. The second-order valence-corrected chi connectivity index (χ2v) is 8.03. The summed E-state index contributed by atoms with van der Waals surface area (Å²) >= 11 is 0. The van der Waals surface area contributed by atoms with Crippen LogP contribution in [0.1, 0.15) is 12.8 Å². The quantitative estimate of drug-likeness (QED) is 0.766. The van der Waals surface area contributed by atoms with E-state index in [1.165, 1.54) is 10.4 Å². The zero-order valence-corrected chi connectivity index (χ0v) is 14.3.